The molecule has 0 saturated carbocycles. The molecule has 11 heteroatoms. The van der Waals surface area contributed by atoms with Crippen molar-refractivity contribution in [3.8, 4) is 0 Å². The maximum atomic E-state index is 12.6. The molecule has 0 aromatic rings. The maximum absolute atomic E-state index is 12.6. The van der Waals surface area contributed by atoms with E-state index < -0.39 is 47.6 Å². The van der Waals surface area contributed by atoms with E-state index in [-0.39, 0.29) is 26.4 Å². The van der Waals surface area contributed by atoms with Crippen LogP contribution >= 0.6 is 0 Å². The molecule has 0 aromatic carbocycles. The van der Waals surface area contributed by atoms with Gasteiger partial charge in [-0.25, -0.2) is 9.59 Å². The van der Waals surface area contributed by atoms with Crippen LogP contribution in [0.2, 0.25) is 0 Å². The van der Waals surface area contributed by atoms with Crippen molar-refractivity contribution in [3.05, 3.63) is 12.2 Å². The minimum Gasteiger partial charge on any atom is -0.467 e. The summed E-state index contributed by atoms with van der Waals surface area (Å²) in [5.41, 5.74) is -0.750. The molecular weight excluding hydrogens is 398 g/mol. The predicted molar refractivity (Wildman–Crippen MR) is 105 cm³/mol. The van der Waals surface area contributed by atoms with Crippen LogP contribution in [0.3, 0.4) is 0 Å². The Labute approximate surface area is 175 Å². The number of alkyl carbamates (subject to hydrolysis) is 1. The molecule has 0 radical (unpaired) electrons. The normalized spacial score (nSPS) is 24.5. The Bertz CT molecular complexity index is 644. The number of carbonyl (C=O) groups excluding carboxylic acids is 4. The summed E-state index contributed by atoms with van der Waals surface area (Å²) < 4.78 is 20.6. The molecule has 0 fully saturated rings. The molecule has 170 valence electrons. The largest absolute Gasteiger partial charge is 0.467 e. The quantitative estimate of drug-likeness (QED) is 0.399. The Morgan fingerprint density at radius 1 is 1.07 bits per heavy atom. The fourth-order valence-corrected chi connectivity index (χ4v) is 2.26. The molecule has 0 aliphatic carbocycles. The number of ether oxygens (including phenoxy) is 4. The summed E-state index contributed by atoms with van der Waals surface area (Å²) >= 11 is 0. The van der Waals surface area contributed by atoms with Gasteiger partial charge in [0.2, 0.25) is 11.8 Å². The van der Waals surface area contributed by atoms with Gasteiger partial charge < -0.3 is 34.9 Å². The molecule has 0 spiro atoms. The minimum absolute atomic E-state index is 0.104. The Balaban J connectivity index is 2.91. The van der Waals surface area contributed by atoms with E-state index in [2.05, 4.69) is 20.7 Å². The summed E-state index contributed by atoms with van der Waals surface area (Å²) in [6, 6.07) is -3.13. The molecule has 1 aliphatic heterocycles. The second kappa shape index (κ2) is 12.1. The Morgan fingerprint density at radius 3 is 2.23 bits per heavy atom. The molecule has 1 aliphatic rings. The van der Waals surface area contributed by atoms with Crippen LogP contribution in [0.5, 0.6) is 0 Å². The van der Waals surface area contributed by atoms with E-state index in [0.29, 0.717) is 0 Å². The van der Waals surface area contributed by atoms with Crippen molar-refractivity contribution in [2.45, 2.75) is 51.4 Å². The van der Waals surface area contributed by atoms with Crippen LogP contribution in [0.4, 0.5) is 4.79 Å². The van der Waals surface area contributed by atoms with Crippen LogP contribution in [0.1, 0.15) is 27.7 Å². The minimum atomic E-state index is -1.10. The van der Waals surface area contributed by atoms with Gasteiger partial charge in [-0.1, -0.05) is 12.2 Å². The number of esters is 1. The van der Waals surface area contributed by atoms with Crippen LogP contribution in [-0.2, 0) is 33.3 Å². The zero-order chi connectivity index (χ0) is 22.7. The highest BCUT2D eigenvalue weighted by atomic mass is 16.6. The Hall–Kier alpha value is -2.66. The number of hydrogen-bond donors (Lipinski definition) is 3. The predicted octanol–water partition coefficient (Wildman–Crippen LogP) is -0.355. The van der Waals surface area contributed by atoms with Crippen molar-refractivity contribution in [2.75, 3.05) is 33.5 Å². The van der Waals surface area contributed by atoms with Crippen LogP contribution in [0.25, 0.3) is 0 Å². The van der Waals surface area contributed by atoms with Crippen LogP contribution in [0.15, 0.2) is 12.2 Å². The number of carbonyl (C=O) groups is 4. The Kier molecular flexibility index (Phi) is 10.3. The van der Waals surface area contributed by atoms with E-state index in [1.54, 1.807) is 32.9 Å². The third-order valence-electron chi connectivity index (χ3n) is 3.73. The van der Waals surface area contributed by atoms with Gasteiger partial charge in [-0.05, 0) is 27.7 Å². The molecule has 3 amide bonds. The highest BCUT2D eigenvalue weighted by molar-refractivity contribution is 5.92. The second-order valence-electron chi connectivity index (χ2n) is 7.56. The first-order valence-corrected chi connectivity index (χ1v) is 9.52. The zero-order valence-corrected chi connectivity index (χ0v) is 18.0. The second-order valence-corrected chi connectivity index (χ2v) is 7.56. The van der Waals surface area contributed by atoms with Crippen molar-refractivity contribution in [1.29, 1.82) is 0 Å². The molecule has 3 N–H and O–H groups in total. The van der Waals surface area contributed by atoms with Gasteiger partial charge in [-0.2, -0.15) is 0 Å². The van der Waals surface area contributed by atoms with Gasteiger partial charge in [0.15, 0.2) is 6.04 Å². The summed E-state index contributed by atoms with van der Waals surface area (Å²) in [5, 5.41) is 7.39. The lowest BCUT2D eigenvalue weighted by Gasteiger charge is -2.24. The van der Waals surface area contributed by atoms with Crippen LogP contribution < -0.4 is 16.0 Å². The molecule has 0 aromatic heterocycles. The van der Waals surface area contributed by atoms with Crippen molar-refractivity contribution in [3.63, 3.8) is 0 Å². The van der Waals surface area contributed by atoms with Crippen molar-refractivity contribution >= 4 is 23.9 Å². The molecule has 11 nitrogen and oxygen atoms in total. The lowest BCUT2D eigenvalue weighted by molar-refractivity contribution is -0.147. The van der Waals surface area contributed by atoms with Crippen molar-refractivity contribution < 1.29 is 38.1 Å². The summed E-state index contributed by atoms with van der Waals surface area (Å²) in [7, 11) is 1.19. The zero-order valence-electron chi connectivity index (χ0n) is 18.0. The third-order valence-corrected chi connectivity index (χ3v) is 3.73. The highest BCUT2D eigenvalue weighted by Gasteiger charge is 2.29. The number of rotatable bonds is 2. The van der Waals surface area contributed by atoms with E-state index >= 15 is 0 Å². The molecule has 0 unspecified atom stereocenters. The van der Waals surface area contributed by atoms with E-state index in [0.717, 1.165) is 0 Å². The lowest BCUT2D eigenvalue weighted by atomic mass is 10.2. The highest BCUT2D eigenvalue weighted by Crippen LogP contribution is 2.07. The molecular formula is C19H31N3O8. The average Bonchev–Trinajstić information content (AvgIpc) is 2.65. The first-order chi connectivity index (χ1) is 14.0. The van der Waals surface area contributed by atoms with Gasteiger partial charge >= 0.3 is 12.1 Å². The molecule has 3 atom stereocenters. The first kappa shape index (κ1) is 25.4. The van der Waals surface area contributed by atoms with Gasteiger partial charge in [-0.15, -0.1) is 0 Å². The van der Waals surface area contributed by atoms with Gasteiger partial charge in [0.05, 0.1) is 33.5 Å². The fraction of sp³-hybridized carbons (Fsp3) is 0.684. The number of nitrogens with one attached hydrogen (secondary N) is 3. The van der Waals surface area contributed by atoms with Gasteiger partial charge in [0, 0.05) is 0 Å². The van der Waals surface area contributed by atoms with E-state index in [9.17, 15) is 19.2 Å². The smallest absolute Gasteiger partial charge is 0.408 e. The fourth-order valence-electron chi connectivity index (χ4n) is 2.26. The SMILES string of the molecule is COC(=O)[C@@H]1COCC=CCOC[C@H](NC(=O)OC(C)(C)C)C(=O)N[C@@H](C)C(=O)N1. The summed E-state index contributed by atoms with van der Waals surface area (Å²) in [6.07, 6.45) is 2.53. The van der Waals surface area contributed by atoms with Gasteiger partial charge in [0.1, 0.15) is 17.7 Å². The topological polar surface area (TPSA) is 141 Å². The van der Waals surface area contributed by atoms with Gasteiger partial charge in [-0.3, -0.25) is 9.59 Å². The molecule has 1 rings (SSSR count). The monoisotopic (exact) mass is 429 g/mol. The van der Waals surface area contributed by atoms with Gasteiger partial charge in [0.25, 0.3) is 0 Å². The van der Waals surface area contributed by atoms with E-state index in [1.807, 2.05) is 0 Å². The maximum Gasteiger partial charge on any atom is 0.408 e. The molecule has 30 heavy (non-hydrogen) atoms. The molecule has 0 saturated heterocycles. The first-order valence-electron chi connectivity index (χ1n) is 9.52. The van der Waals surface area contributed by atoms with E-state index in [1.165, 1.54) is 14.0 Å². The number of hydrogen-bond acceptors (Lipinski definition) is 8. The third kappa shape index (κ3) is 9.70. The van der Waals surface area contributed by atoms with Crippen LogP contribution in [0, 0.1) is 0 Å². The Morgan fingerprint density at radius 2 is 1.67 bits per heavy atom. The van der Waals surface area contributed by atoms with Crippen LogP contribution in [-0.4, -0.2) is 81.1 Å². The van der Waals surface area contributed by atoms with Crippen molar-refractivity contribution in [1.82, 2.24) is 16.0 Å². The summed E-state index contributed by atoms with van der Waals surface area (Å²) in [4.78, 5) is 48.9. The molecule has 0 bridgehead atoms. The van der Waals surface area contributed by atoms with Crippen molar-refractivity contribution in [2.24, 2.45) is 0 Å². The summed E-state index contributed by atoms with van der Waals surface area (Å²) in [5.74, 6) is -1.94. The number of amides is 3. The van der Waals surface area contributed by atoms with E-state index in [4.69, 9.17) is 14.2 Å². The summed E-state index contributed by atoms with van der Waals surface area (Å²) in [6.45, 7) is 6.61. The lowest BCUT2D eigenvalue weighted by Crippen LogP contribution is -2.56. The standard InChI is InChI=1S/C19H31N3O8/c1-12-15(23)21-14(17(25)27-5)11-29-9-7-6-8-28-10-13(16(24)20-12)22-18(26)30-19(2,3)4/h6-7,12-14H,8-11H2,1-5H3,(H,20,24)(H,21,23)(H,22,26)/t12-,13-,14-/m0/s1. The number of methoxy groups -OCH3 is 1. The average molecular weight is 429 g/mol. The molecule has 1 heterocycles.